The van der Waals surface area contributed by atoms with E-state index in [2.05, 4.69) is 20.9 Å². The van der Waals surface area contributed by atoms with Crippen LogP contribution in [0.4, 0.5) is 0 Å². The Morgan fingerprint density at radius 3 is 1.50 bits per heavy atom. The van der Waals surface area contributed by atoms with E-state index in [9.17, 15) is 10.4 Å². The lowest BCUT2D eigenvalue weighted by Crippen LogP contribution is -2.53. The van der Waals surface area contributed by atoms with Crippen LogP contribution < -0.4 is 16.4 Å². The van der Waals surface area contributed by atoms with Crippen molar-refractivity contribution in [1.82, 2.24) is 10.6 Å². The Balaban J connectivity index is 1.86. The molecule has 0 saturated heterocycles. The van der Waals surface area contributed by atoms with Crippen molar-refractivity contribution in [3.63, 3.8) is 0 Å². The first-order valence-corrected chi connectivity index (χ1v) is 12.1. The van der Waals surface area contributed by atoms with Crippen LogP contribution in [-0.4, -0.2) is 52.5 Å². The van der Waals surface area contributed by atoms with E-state index in [0.717, 1.165) is 69.5 Å². The monoisotopic (exact) mass is 423 g/mol. The van der Waals surface area contributed by atoms with Crippen molar-refractivity contribution in [3.8, 4) is 0 Å². The number of nitrogens with one attached hydrogen (secondary N) is 2. The SMILES string of the molecule is C/C(=N\O)C1(NCCC(CCN)CCNC2(/C(C)=N/O)CCCCC2)CCCCC1. The molecule has 0 bridgehead atoms. The van der Waals surface area contributed by atoms with Gasteiger partial charge in [0.15, 0.2) is 0 Å². The Morgan fingerprint density at radius 2 is 1.17 bits per heavy atom. The lowest BCUT2D eigenvalue weighted by atomic mass is 9.78. The van der Waals surface area contributed by atoms with Crippen LogP contribution in [0.2, 0.25) is 0 Å². The van der Waals surface area contributed by atoms with Gasteiger partial charge in [-0.1, -0.05) is 48.8 Å². The second-order valence-corrected chi connectivity index (χ2v) is 9.53. The van der Waals surface area contributed by atoms with E-state index < -0.39 is 0 Å². The average molecular weight is 424 g/mol. The van der Waals surface area contributed by atoms with Gasteiger partial charge >= 0.3 is 0 Å². The van der Waals surface area contributed by atoms with E-state index in [0.29, 0.717) is 12.5 Å². The highest BCUT2D eigenvalue weighted by Crippen LogP contribution is 2.31. The van der Waals surface area contributed by atoms with Gasteiger partial charge in [-0.25, -0.2) is 0 Å². The summed E-state index contributed by atoms with van der Waals surface area (Å²) in [7, 11) is 0. The second-order valence-electron chi connectivity index (χ2n) is 9.53. The average Bonchev–Trinajstić information content (AvgIpc) is 2.79. The van der Waals surface area contributed by atoms with Gasteiger partial charge in [0.1, 0.15) is 0 Å². The molecule has 0 spiro atoms. The van der Waals surface area contributed by atoms with E-state index in [-0.39, 0.29) is 11.1 Å². The molecule has 2 aliphatic rings. The molecule has 2 saturated carbocycles. The summed E-state index contributed by atoms with van der Waals surface area (Å²) in [6.07, 6.45) is 14.6. The van der Waals surface area contributed by atoms with E-state index in [1.165, 1.54) is 38.5 Å². The van der Waals surface area contributed by atoms with E-state index >= 15 is 0 Å². The third-order valence-electron chi connectivity index (χ3n) is 7.71. The van der Waals surface area contributed by atoms with Crippen molar-refractivity contribution >= 4 is 11.4 Å². The van der Waals surface area contributed by atoms with Crippen LogP contribution in [0, 0.1) is 5.92 Å². The Hall–Kier alpha value is -1.18. The highest BCUT2D eigenvalue weighted by Gasteiger charge is 2.36. The molecule has 0 aromatic rings. The first kappa shape index (κ1) is 25.1. The third kappa shape index (κ3) is 6.66. The minimum Gasteiger partial charge on any atom is -0.411 e. The van der Waals surface area contributed by atoms with Crippen molar-refractivity contribution in [2.24, 2.45) is 22.0 Å². The molecule has 0 atom stereocenters. The molecule has 0 aromatic heterocycles. The van der Waals surface area contributed by atoms with Gasteiger partial charge in [-0.3, -0.25) is 0 Å². The molecule has 174 valence electrons. The maximum Gasteiger partial charge on any atom is 0.0740 e. The van der Waals surface area contributed by atoms with Gasteiger partial charge in [-0.05, 0) is 84.3 Å². The summed E-state index contributed by atoms with van der Waals surface area (Å²) in [6, 6.07) is 0. The first-order chi connectivity index (χ1) is 14.5. The summed E-state index contributed by atoms with van der Waals surface area (Å²) in [6.45, 7) is 6.41. The number of hydrogen-bond acceptors (Lipinski definition) is 7. The lowest BCUT2D eigenvalue weighted by molar-refractivity contribution is 0.262. The van der Waals surface area contributed by atoms with Crippen molar-refractivity contribution in [1.29, 1.82) is 0 Å². The molecule has 0 heterocycles. The van der Waals surface area contributed by atoms with Crippen LogP contribution in [0.5, 0.6) is 0 Å². The zero-order valence-electron chi connectivity index (χ0n) is 19.3. The molecule has 7 nitrogen and oxygen atoms in total. The minimum absolute atomic E-state index is 0.140. The maximum absolute atomic E-state index is 9.37. The quantitative estimate of drug-likeness (QED) is 0.185. The minimum atomic E-state index is -0.140. The van der Waals surface area contributed by atoms with Gasteiger partial charge in [0, 0.05) is 0 Å². The van der Waals surface area contributed by atoms with Crippen LogP contribution >= 0.6 is 0 Å². The number of rotatable bonds is 12. The summed E-state index contributed by atoms with van der Waals surface area (Å²) >= 11 is 0. The summed E-state index contributed by atoms with van der Waals surface area (Å²) in [4.78, 5) is 0. The standard InChI is InChI=1S/C23H45N5O2/c1-19(27-29)22(12-5-3-6-13-22)25-17-10-21(9-16-24)11-18-26-23(20(2)28-30)14-7-4-8-15-23/h21,25-26,29-30H,3-18,24H2,1-2H3/b27-19+,28-20+. The fraction of sp³-hybridized carbons (Fsp3) is 0.913. The fourth-order valence-electron chi connectivity index (χ4n) is 5.53. The van der Waals surface area contributed by atoms with Crippen LogP contribution in [0.25, 0.3) is 0 Å². The number of nitrogens with zero attached hydrogens (tertiary/aromatic N) is 2. The zero-order chi connectivity index (χ0) is 21.9. The van der Waals surface area contributed by atoms with Gasteiger partial charge in [0.25, 0.3) is 0 Å². The van der Waals surface area contributed by atoms with Gasteiger partial charge in [0.2, 0.25) is 0 Å². The van der Waals surface area contributed by atoms with Crippen molar-refractivity contribution in [2.45, 2.75) is 108 Å². The molecule has 0 amide bonds. The molecule has 2 rings (SSSR count). The molecule has 2 aliphatic carbocycles. The highest BCUT2D eigenvalue weighted by molar-refractivity contribution is 5.91. The van der Waals surface area contributed by atoms with Crippen molar-refractivity contribution < 1.29 is 10.4 Å². The Kier molecular flexibility index (Phi) is 10.6. The summed E-state index contributed by atoms with van der Waals surface area (Å²) in [5, 5.41) is 33.3. The van der Waals surface area contributed by atoms with E-state index in [4.69, 9.17) is 5.73 Å². The number of nitrogens with two attached hydrogens (primary N) is 1. The molecule has 6 N–H and O–H groups in total. The molecule has 30 heavy (non-hydrogen) atoms. The second kappa shape index (κ2) is 12.6. The van der Waals surface area contributed by atoms with Gasteiger partial charge in [-0.2, -0.15) is 0 Å². The topological polar surface area (TPSA) is 115 Å². The van der Waals surface area contributed by atoms with Crippen LogP contribution in [0.15, 0.2) is 10.3 Å². The van der Waals surface area contributed by atoms with Gasteiger partial charge in [-0.15, -0.1) is 0 Å². The summed E-state index contributed by atoms with van der Waals surface area (Å²) < 4.78 is 0. The van der Waals surface area contributed by atoms with Crippen molar-refractivity contribution in [3.05, 3.63) is 0 Å². The zero-order valence-corrected chi connectivity index (χ0v) is 19.3. The molecular weight excluding hydrogens is 378 g/mol. The number of oxime groups is 2. The van der Waals surface area contributed by atoms with Crippen LogP contribution in [0.3, 0.4) is 0 Å². The Bertz CT molecular complexity index is 506. The summed E-state index contributed by atoms with van der Waals surface area (Å²) in [5.74, 6) is 0.550. The highest BCUT2D eigenvalue weighted by atomic mass is 16.4. The predicted molar refractivity (Wildman–Crippen MR) is 124 cm³/mol. The molecule has 2 fully saturated rings. The smallest absolute Gasteiger partial charge is 0.0740 e. The van der Waals surface area contributed by atoms with Crippen LogP contribution in [-0.2, 0) is 0 Å². The Morgan fingerprint density at radius 1 is 0.767 bits per heavy atom. The third-order valence-corrected chi connectivity index (χ3v) is 7.71. The van der Waals surface area contributed by atoms with Gasteiger partial charge in [0.05, 0.1) is 22.5 Å². The van der Waals surface area contributed by atoms with Crippen molar-refractivity contribution in [2.75, 3.05) is 19.6 Å². The maximum atomic E-state index is 9.37. The molecule has 0 radical (unpaired) electrons. The molecule has 0 aromatic carbocycles. The van der Waals surface area contributed by atoms with E-state index in [1.807, 2.05) is 13.8 Å². The fourth-order valence-corrected chi connectivity index (χ4v) is 5.53. The van der Waals surface area contributed by atoms with Crippen LogP contribution in [0.1, 0.15) is 97.3 Å². The molecule has 0 unspecified atom stereocenters. The molecular formula is C23H45N5O2. The van der Waals surface area contributed by atoms with E-state index in [1.54, 1.807) is 0 Å². The summed E-state index contributed by atoms with van der Waals surface area (Å²) in [5.41, 5.74) is 7.26. The first-order valence-electron chi connectivity index (χ1n) is 12.1. The van der Waals surface area contributed by atoms with Gasteiger partial charge < -0.3 is 26.8 Å². The molecule has 0 aliphatic heterocycles. The predicted octanol–water partition coefficient (Wildman–Crippen LogP) is 4.02. The number of hydrogen-bond donors (Lipinski definition) is 5. The normalized spacial score (nSPS) is 23.3. The lowest BCUT2D eigenvalue weighted by Gasteiger charge is -2.39. The largest absolute Gasteiger partial charge is 0.411 e. The Labute approximate surface area is 182 Å². The molecule has 7 heteroatoms.